The summed E-state index contributed by atoms with van der Waals surface area (Å²) in [6, 6.07) is 10.1. The van der Waals surface area contributed by atoms with Gasteiger partial charge in [-0.15, -0.1) is 0 Å². The molecule has 5 heteroatoms. The van der Waals surface area contributed by atoms with E-state index in [1.807, 2.05) is 18.2 Å². The first kappa shape index (κ1) is 15.8. The van der Waals surface area contributed by atoms with Gasteiger partial charge in [0.2, 0.25) is 0 Å². The van der Waals surface area contributed by atoms with Crippen LogP contribution in [0.15, 0.2) is 30.3 Å². The van der Waals surface area contributed by atoms with Gasteiger partial charge in [0.1, 0.15) is 0 Å². The van der Waals surface area contributed by atoms with Crippen LogP contribution in [0.1, 0.15) is 43.7 Å². The molecule has 23 heavy (non-hydrogen) atoms. The molecule has 1 saturated carbocycles. The van der Waals surface area contributed by atoms with Crippen molar-refractivity contribution < 1.29 is 14.7 Å². The number of carboxylic acids is 1. The molecule has 1 saturated heterocycles. The maximum absolute atomic E-state index is 12.6. The number of carboxylic acid groups (broad SMARTS) is 1. The van der Waals surface area contributed by atoms with Gasteiger partial charge in [-0.2, -0.15) is 0 Å². The summed E-state index contributed by atoms with van der Waals surface area (Å²) in [4.78, 5) is 25.3. The molecule has 2 fully saturated rings. The van der Waals surface area contributed by atoms with E-state index in [0.29, 0.717) is 31.8 Å². The summed E-state index contributed by atoms with van der Waals surface area (Å²) >= 11 is 0. The van der Waals surface area contributed by atoms with Crippen LogP contribution in [0.5, 0.6) is 0 Å². The van der Waals surface area contributed by atoms with E-state index >= 15 is 0 Å². The van der Waals surface area contributed by atoms with Gasteiger partial charge in [0.15, 0.2) is 0 Å². The number of carbonyl (C=O) groups is 2. The fourth-order valence-electron chi connectivity index (χ4n) is 3.46. The lowest BCUT2D eigenvalue weighted by molar-refractivity contribution is -0.143. The zero-order chi connectivity index (χ0) is 16.2. The highest BCUT2D eigenvalue weighted by molar-refractivity contribution is 5.76. The van der Waals surface area contributed by atoms with Crippen molar-refractivity contribution in [1.29, 1.82) is 0 Å². The average Bonchev–Trinajstić information content (AvgIpc) is 2.53. The molecular weight excluding hydrogens is 292 g/mol. The van der Waals surface area contributed by atoms with E-state index in [0.717, 1.165) is 18.4 Å². The van der Waals surface area contributed by atoms with Crippen molar-refractivity contribution in [3.05, 3.63) is 35.9 Å². The third-order valence-corrected chi connectivity index (χ3v) is 5.19. The fraction of sp³-hybridized carbons (Fsp3) is 0.556. The number of carbonyl (C=O) groups excluding carboxylic acids is 1. The Morgan fingerprint density at radius 1 is 1.09 bits per heavy atom. The Bertz CT molecular complexity index is 549. The van der Waals surface area contributed by atoms with E-state index in [1.165, 1.54) is 6.42 Å². The van der Waals surface area contributed by atoms with Crippen LogP contribution in [0.25, 0.3) is 0 Å². The van der Waals surface area contributed by atoms with Gasteiger partial charge in [-0.05, 0) is 37.2 Å². The average molecular weight is 316 g/mol. The highest BCUT2D eigenvalue weighted by atomic mass is 16.4. The second kappa shape index (κ2) is 7.02. The first-order chi connectivity index (χ1) is 11.1. The van der Waals surface area contributed by atoms with Crippen LogP contribution in [0.3, 0.4) is 0 Å². The lowest BCUT2D eigenvalue weighted by Crippen LogP contribution is -2.48. The van der Waals surface area contributed by atoms with Gasteiger partial charge < -0.3 is 15.3 Å². The number of urea groups is 1. The number of likely N-dealkylation sites (tertiary alicyclic amines) is 1. The molecule has 1 aliphatic carbocycles. The first-order valence-corrected chi connectivity index (χ1v) is 8.48. The summed E-state index contributed by atoms with van der Waals surface area (Å²) in [6.07, 6.45) is 4.63. The number of nitrogens with one attached hydrogen (secondary N) is 1. The largest absolute Gasteiger partial charge is 0.481 e. The van der Waals surface area contributed by atoms with Gasteiger partial charge in [0.05, 0.1) is 12.0 Å². The molecule has 1 atom stereocenters. The van der Waals surface area contributed by atoms with E-state index in [-0.39, 0.29) is 18.0 Å². The fourth-order valence-corrected chi connectivity index (χ4v) is 3.46. The number of hydrogen-bond donors (Lipinski definition) is 2. The summed E-state index contributed by atoms with van der Waals surface area (Å²) in [7, 11) is 0. The van der Waals surface area contributed by atoms with Crippen LogP contribution < -0.4 is 5.32 Å². The van der Waals surface area contributed by atoms with Crippen molar-refractivity contribution >= 4 is 12.0 Å². The van der Waals surface area contributed by atoms with Crippen molar-refractivity contribution in [3.63, 3.8) is 0 Å². The summed E-state index contributed by atoms with van der Waals surface area (Å²) < 4.78 is 0. The minimum Gasteiger partial charge on any atom is -0.481 e. The van der Waals surface area contributed by atoms with E-state index in [2.05, 4.69) is 17.4 Å². The van der Waals surface area contributed by atoms with Crippen LogP contribution in [0.2, 0.25) is 0 Å². The molecule has 2 N–H and O–H groups in total. The Hall–Kier alpha value is -2.04. The maximum Gasteiger partial charge on any atom is 0.317 e. The van der Waals surface area contributed by atoms with Crippen molar-refractivity contribution in [2.24, 2.45) is 11.8 Å². The molecule has 124 valence electrons. The zero-order valence-electron chi connectivity index (χ0n) is 13.3. The molecule has 2 aliphatic rings. The predicted octanol–water partition coefficient (Wildman–Crippen LogP) is 3.03. The Balaban J connectivity index is 1.62. The molecular formula is C18H24N2O3. The molecule has 0 spiro atoms. The second-order valence-electron chi connectivity index (χ2n) is 6.63. The van der Waals surface area contributed by atoms with Gasteiger partial charge >= 0.3 is 12.0 Å². The van der Waals surface area contributed by atoms with Gasteiger partial charge in [0.25, 0.3) is 0 Å². The molecule has 0 aromatic heterocycles. The van der Waals surface area contributed by atoms with Gasteiger partial charge in [-0.3, -0.25) is 4.79 Å². The van der Waals surface area contributed by atoms with Crippen LogP contribution in [-0.4, -0.2) is 35.1 Å². The summed E-state index contributed by atoms with van der Waals surface area (Å²) in [5, 5.41) is 12.2. The quantitative estimate of drug-likeness (QED) is 0.897. The first-order valence-electron chi connectivity index (χ1n) is 8.48. The SMILES string of the molecule is O=C(O)C1CCN(C(=O)NC(c2ccccc2)C2CCC2)CC1. The van der Waals surface area contributed by atoms with E-state index in [4.69, 9.17) is 5.11 Å². The van der Waals surface area contributed by atoms with E-state index in [1.54, 1.807) is 4.90 Å². The lowest BCUT2D eigenvalue weighted by atomic mass is 9.77. The number of piperidine rings is 1. The van der Waals surface area contributed by atoms with Crippen molar-refractivity contribution in [1.82, 2.24) is 10.2 Å². The third kappa shape index (κ3) is 3.66. The van der Waals surface area contributed by atoms with E-state index < -0.39 is 5.97 Å². The van der Waals surface area contributed by atoms with Crippen molar-refractivity contribution in [3.8, 4) is 0 Å². The van der Waals surface area contributed by atoms with Gasteiger partial charge in [-0.25, -0.2) is 4.79 Å². The second-order valence-corrected chi connectivity index (χ2v) is 6.63. The predicted molar refractivity (Wildman–Crippen MR) is 87.0 cm³/mol. The number of amides is 2. The van der Waals surface area contributed by atoms with Crippen LogP contribution >= 0.6 is 0 Å². The molecule has 1 unspecified atom stereocenters. The summed E-state index contributed by atoms with van der Waals surface area (Å²) in [5.41, 5.74) is 1.16. The van der Waals surface area contributed by atoms with Crippen LogP contribution in [-0.2, 0) is 4.79 Å². The monoisotopic (exact) mass is 316 g/mol. The third-order valence-electron chi connectivity index (χ3n) is 5.19. The minimum atomic E-state index is -0.748. The molecule has 1 aromatic carbocycles. The lowest BCUT2D eigenvalue weighted by Gasteiger charge is -2.37. The Morgan fingerprint density at radius 2 is 1.74 bits per heavy atom. The molecule has 0 radical (unpaired) electrons. The smallest absolute Gasteiger partial charge is 0.317 e. The Labute approximate surface area is 136 Å². The highest BCUT2D eigenvalue weighted by Crippen LogP contribution is 2.37. The molecule has 5 nitrogen and oxygen atoms in total. The molecule has 1 heterocycles. The minimum absolute atomic E-state index is 0.0606. The molecule has 1 aliphatic heterocycles. The van der Waals surface area contributed by atoms with Crippen LogP contribution in [0.4, 0.5) is 4.79 Å². The molecule has 2 amide bonds. The number of benzene rings is 1. The summed E-state index contributed by atoms with van der Waals surface area (Å²) in [5.74, 6) is -0.546. The van der Waals surface area contributed by atoms with Crippen molar-refractivity contribution in [2.45, 2.75) is 38.1 Å². The standard InChI is InChI=1S/C18H24N2O3/c21-17(22)15-9-11-20(12-10-15)18(23)19-16(14-7-4-8-14)13-5-2-1-3-6-13/h1-3,5-6,14-16H,4,7-12H2,(H,19,23)(H,21,22). The Morgan fingerprint density at radius 3 is 2.26 bits per heavy atom. The number of hydrogen-bond acceptors (Lipinski definition) is 2. The summed E-state index contributed by atoms with van der Waals surface area (Å²) in [6.45, 7) is 1.05. The normalized spacial score (nSPS) is 20.6. The number of rotatable bonds is 4. The maximum atomic E-state index is 12.6. The molecule has 0 bridgehead atoms. The molecule has 1 aromatic rings. The van der Waals surface area contributed by atoms with Crippen LogP contribution in [0, 0.1) is 11.8 Å². The van der Waals surface area contributed by atoms with Gasteiger partial charge in [-0.1, -0.05) is 36.8 Å². The van der Waals surface area contributed by atoms with E-state index in [9.17, 15) is 9.59 Å². The zero-order valence-corrected chi connectivity index (χ0v) is 13.3. The number of aliphatic carboxylic acids is 1. The topological polar surface area (TPSA) is 69.6 Å². The van der Waals surface area contributed by atoms with Gasteiger partial charge in [0, 0.05) is 13.1 Å². The molecule has 3 rings (SSSR count). The van der Waals surface area contributed by atoms with Crippen molar-refractivity contribution in [2.75, 3.05) is 13.1 Å². The number of nitrogens with zero attached hydrogens (tertiary/aromatic N) is 1. The highest BCUT2D eigenvalue weighted by Gasteiger charge is 2.32. The Kier molecular flexibility index (Phi) is 4.84.